The van der Waals surface area contributed by atoms with Crippen molar-refractivity contribution in [3.8, 4) is 0 Å². The van der Waals surface area contributed by atoms with Crippen LogP contribution in [0.15, 0.2) is 24.4 Å². The van der Waals surface area contributed by atoms with Gasteiger partial charge >= 0.3 is 0 Å². The average Bonchev–Trinajstić information content (AvgIpc) is 3.48. The first-order valence-corrected chi connectivity index (χ1v) is 12.4. The van der Waals surface area contributed by atoms with E-state index in [9.17, 15) is 4.79 Å². The summed E-state index contributed by atoms with van der Waals surface area (Å²) in [6, 6.07) is 5.90. The number of amides is 1. The van der Waals surface area contributed by atoms with E-state index in [1.165, 1.54) is 12.8 Å². The molecular formula is C26H36N6O. The summed E-state index contributed by atoms with van der Waals surface area (Å²) < 4.78 is 1.87. The summed E-state index contributed by atoms with van der Waals surface area (Å²) in [7, 11) is 0. The molecule has 5 heterocycles. The fourth-order valence-corrected chi connectivity index (χ4v) is 5.01. The molecule has 3 aromatic rings. The summed E-state index contributed by atoms with van der Waals surface area (Å²) in [6.45, 7) is 12.9. The third-order valence-electron chi connectivity index (χ3n) is 6.45. The topological polar surface area (TPSA) is 66.6 Å². The van der Waals surface area contributed by atoms with E-state index in [4.69, 9.17) is 10.1 Å². The first-order chi connectivity index (χ1) is 16.0. The van der Waals surface area contributed by atoms with Crippen molar-refractivity contribution in [1.29, 1.82) is 0 Å². The Morgan fingerprint density at radius 1 is 0.939 bits per heavy atom. The Hall–Kier alpha value is -2.96. The van der Waals surface area contributed by atoms with Crippen LogP contribution in [0.25, 0.3) is 5.65 Å². The summed E-state index contributed by atoms with van der Waals surface area (Å²) in [5.74, 6) is 1.06. The average molecular weight is 449 g/mol. The van der Waals surface area contributed by atoms with Crippen molar-refractivity contribution >= 4 is 17.4 Å². The summed E-state index contributed by atoms with van der Waals surface area (Å²) in [6.07, 6.45) is 7.54. The third kappa shape index (κ3) is 4.72. The number of nitrogens with zero attached hydrogens (tertiary/aromatic N) is 6. The van der Waals surface area contributed by atoms with E-state index in [-0.39, 0.29) is 11.9 Å². The Kier molecular flexibility index (Phi) is 6.96. The molecule has 2 saturated heterocycles. The minimum atomic E-state index is -0.0406. The Morgan fingerprint density at radius 3 is 2.39 bits per heavy atom. The lowest BCUT2D eigenvalue weighted by atomic mass is 9.98. The van der Waals surface area contributed by atoms with Crippen molar-refractivity contribution in [2.24, 2.45) is 0 Å². The number of fused-ring (bicyclic) bond motifs is 1. The second kappa shape index (κ2) is 9.89. The molecule has 33 heavy (non-hydrogen) atoms. The second-order valence-corrected chi connectivity index (χ2v) is 8.99. The van der Waals surface area contributed by atoms with Gasteiger partial charge in [0.25, 0.3) is 5.91 Å². The van der Waals surface area contributed by atoms with Crippen LogP contribution in [0.5, 0.6) is 0 Å². The smallest absolute Gasteiger partial charge is 0.273 e. The number of carbonyl (C=O) groups is 1. The number of aromatic nitrogens is 4. The fourth-order valence-electron chi connectivity index (χ4n) is 5.01. The highest BCUT2D eigenvalue weighted by Gasteiger charge is 2.31. The molecule has 0 spiro atoms. The van der Waals surface area contributed by atoms with Gasteiger partial charge in [-0.25, -0.2) is 14.5 Å². The van der Waals surface area contributed by atoms with Gasteiger partial charge in [-0.05, 0) is 70.6 Å². The third-order valence-corrected chi connectivity index (χ3v) is 6.45. The standard InChI is InChI=1S/C24H30N6O.C2H6/c1-16-12-18(3)25-20(13-16)24(31)29-11-5-4-8-21(29)19-14-22-26-23(28-9-6-7-10-28)17(2)15-30(22)27-19;1-2/h12-15,21H,4-11H2,1-3H3;1-2H3/t21-;/m0./s1. The van der Waals surface area contributed by atoms with Crippen LogP contribution >= 0.6 is 0 Å². The van der Waals surface area contributed by atoms with Crippen molar-refractivity contribution < 1.29 is 4.79 Å². The zero-order chi connectivity index (χ0) is 23.5. The molecule has 176 valence electrons. The molecule has 7 nitrogen and oxygen atoms in total. The maximum atomic E-state index is 13.4. The molecule has 0 saturated carbocycles. The minimum absolute atomic E-state index is 0.00421. The zero-order valence-corrected chi connectivity index (χ0v) is 20.6. The molecule has 0 unspecified atom stereocenters. The van der Waals surface area contributed by atoms with Crippen molar-refractivity contribution in [3.63, 3.8) is 0 Å². The Labute approximate surface area is 196 Å². The Morgan fingerprint density at radius 2 is 1.67 bits per heavy atom. The SMILES string of the molecule is CC.Cc1cc(C)nc(C(=O)N2CCCC[C@H]2c2cc3nc(N4CCCC4)c(C)cn3n2)c1. The monoisotopic (exact) mass is 448 g/mol. The number of hydrogen-bond donors (Lipinski definition) is 0. The Bertz CT molecular complexity index is 1110. The highest BCUT2D eigenvalue weighted by molar-refractivity contribution is 5.93. The number of hydrogen-bond acceptors (Lipinski definition) is 5. The number of pyridine rings is 1. The molecule has 2 fully saturated rings. The second-order valence-electron chi connectivity index (χ2n) is 8.99. The highest BCUT2D eigenvalue weighted by Crippen LogP contribution is 2.32. The molecule has 1 atom stereocenters. The van der Waals surface area contributed by atoms with Gasteiger partial charge in [-0.2, -0.15) is 5.10 Å². The molecule has 0 bridgehead atoms. The molecule has 2 aliphatic rings. The summed E-state index contributed by atoms with van der Waals surface area (Å²) in [4.78, 5) is 27.2. The largest absolute Gasteiger partial charge is 0.356 e. The van der Waals surface area contributed by atoms with Crippen molar-refractivity contribution in [3.05, 3.63) is 52.6 Å². The van der Waals surface area contributed by atoms with Gasteiger partial charge in [-0.15, -0.1) is 0 Å². The molecule has 2 aliphatic heterocycles. The van der Waals surface area contributed by atoms with Gasteiger partial charge in [0.1, 0.15) is 11.5 Å². The lowest BCUT2D eigenvalue weighted by Crippen LogP contribution is -2.39. The number of carbonyl (C=O) groups excluding carboxylic acids is 1. The van der Waals surface area contributed by atoms with Gasteiger partial charge in [0, 0.05) is 43.2 Å². The van der Waals surface area contributed by atoms with E-state index in [0.717, 1.165) is 72.9 Å². The predicted molar refractivity (Wildman–Crippen MR) is 132 cm³/mol. The van der Waals surface area contributed by atoms with Crippen LogP contribution in [0.1, 0.15) is 85.0 Å². The lowest BCUT2D eigenvalue weighted by Gasteiger charge is -2.34. The molecule has 0 N–H and O–H groups in total. The van der Waals surface area contributed by atoms with E-state index in [0.29, 0.717) is 5.69 Å². The van der Waals surface area contributed by atoms with E-state index < -0.39 is 0 Å². The summed E-state index contributed by atoms with van der Waals surface area (Å²) >= 11 is 0. The van der Waals surface area contributed by atoms with Gasteiger partial charge in [0.15, 0.2) is 5.65 Å². The molecule has 1 amide bonds. The van der Waals surface area contributed by atoms with Gasteiger partial charge in [0.05, 0.1) is 11.7 Å². The maximum absolute atomic E-state index is 13.4. The quantitative estimate of drug-likeness (QED) is 0.561. The van der Waals surface area contributed by atoms with Crippen LogP contribution in [0.3, 0.4) is 0 Å². The molecule has 0 radical (unpaired) electrons. The van der Waals surface area contributed by atoms with Crippen LogP contribution < -0.4 is 4.90 Å². The van der Waals surface area contributed by atoms with Crippen LogP contribution in [-0.2, 0) is 0 Å². The maximum Gasteiger partial charge on any atom is 0.273 e. The minimum Gasteiger partial charge on any atom is -0.356 e. The van der Waals surface area contributed by atoms with Crippen LogP contribution in [-0.4, -0.2) is 50.0 Å². The van der Waals surface area contributed by atoms with E-state index in [1.807, 2.05) is 49.2 Å². The molecule has 3 aromatic heterocycles. The molecule has 7 heteroatoms. The van der Waals surface area contributed by atoms with Gasteiger partial charge < -0.3 is 9.80 Å². The molecule has 0 aliphatic carbocycles. The van der Waals surface area contributed by atoms with E-state index >= 15 is 0 Å². The van der Waals surface area contributed by atoms with E-state index in [2.05, 4.69) is 29.1 Å². The van der Waals surface area contributed by atoms with Crippen LogP contribution in [0.2, 0.25) is 0 Å². The van der Waals surface area contributed by atoms with Gasteiger partial charge in [0.2, 0.25) is 0 Å². The van der Waals surface area contributed by atoms with Gasteiger partial charge in [-0.3, -0.25) is 4.79 Å². The van der Waals surface area contributed by atoms with Crippen molar-refractivity contribution in [1.82, 2.24) is 24.5 Å². The number of likely N-dealkylation sites (tertiary alicyclic amines) is 1. The molecule has 5 rings (SSSR count). The number of aryl methyl sites for hydroxylation is 3. The number of piperidine rings is 1. The lowest BCUT2D eigenvalue weighted by molar-refractivity contribution is 0.0599. The normalized spacial score (nSPS) is 18.4. The number of anilines is 1. The van der Waals surface area contributed by atoms with E-state index in [1.54, 1.807) is 0 Å². The molecular weight excluding hydrogens is 412 g/mol. The zero-order valence-electron chi connectivity index (χ0n) is 20.6. The number of rotatable bonds is 3. The van der Waals surface area contributed by atoms with Crippen molar-refractivity contribution in [2.45, 2.75) is 72.8 Å². The van der Waals surface area contributed by atoms with Crippen molar-refractivity contribution in [2.75, 3.05) is 24.5 Å². The summed E-state index contributed by atoms with van der Waals surface area (Å²) in [5.41, 5.74) is 5.37. The summed E-state index contributed by atoms with van der Waals surface area (Å²) in [5, 5.41) is 4.85. The predicted octanol–water partition coefficient (Wildman–Crippen LogP) is 5.04. The van der Waals surface area contributed by atoms with Crippen LogP contribution in [0.4, 0.5) is 5.82 Å². The van der Waals surface area contributed by atoms with Gasteiger partial charge in [-0.1, -0.05) is 13.8 Å². The Balaban J connectivity index is 0.00000126. The first kappa shape index (κ1) is 23.2. The van der Waals surface area contributed by atoms with Crippen LogP contribution in [0, 0.1) is 20.8 Å². The first-order valence-electron chi connectivity index (χ1n) is 12.4. The highest BCUT2D eigenvalue weighted by atomic mass is 16.2. The molecule has 0 aromatic carbocycles. The fraction of sp³-hybridized carbons (Fsp3) is 0.538.